The Bertz CT molecular complexity index is 497. The molecule has 0 radical (unpaired) electrons. The maximum absolute atomic E-state index is 12.7. The van der Waals surface area contributed by atoms with Crippen LogP contribution in [0.15, 0.2) is 24.4 Å². The van der Waals surface area contributed by atoms with Crippen molar-refractivity contribution in [1.29, 1.82) is 0 Å². The van der Waals surface area contributed by atoms with E-state index in [1.807, 2.05) is 0 Å². The van der Waals surface area contributed by atoms with Gasteiger partial charge in [0.25, 0.3) is 5.91 Å². The molecule has 5 nitrogen and oxygen atoms in total. The standard InChI is InChI=1S/C15H19N3O2/c19-14-8-7-12(17-10-4-1-5-11-17)15(20)18(14)13-6-2-3-9-16-13/h2-3,6,9,12H,1,4-5,7-8,10-11H2. The number of carbonyl (C=O) groups excluding carboxylic acids is 2. The molecule has 20 heavy (non-hydrogen) atoms. The molecule has 0 spiro atoms. The number of piperidine rings is 2. The number of likely N-dealkylation sites (tertiary alicyclic amines) is 1. The lowest BCUT2D eigenvalue weighted by Crippen LogP contribution is -2.56. The van der Waals surface area contributed by atoms with Crippen molar-refractivity contribution in [2.45, 2.75) is 38.1 Å². The number of aromatic nitrogens is 1. The summed E-state index contributed by atoms with van der Waals surface area (Å²) in [5.74, 6) is 0.202. The molecule has 1 aromatic heterocycles. The second kappa shape index (κ2) is 5.71. The predicted molar refractivity (Wildman–Crippen MR) is 75.2 cm³/mol. The van der Waals surface area contributed by atoms with E-state index in [2.05, 4.69) is 9.88 Å². The molecule has 2 fully saturated rings. The number of hydrogen-bond acceptors (Lipinski definition) is 4. The van der Waals surface area contributed by atoms with Crippen LogP contribution < -0.4 is 4.90 Å². The van der Waals surface area contributed by atoms with Gasteiger partial charge in [0.05, 0.1) is 6.04 Å². The van der Waals surface area contributed by atoms with Crippen molar-refractivity contribution in [3.8, 4) is 0 Å². The SMILES string of the molecule is O=C1CCC(N2CCCCC2)C(=O)N1c1ccccn1. The molecule has 2 amide bonds. The van der Waals surface area contributed by atoms with E-state index in [1.54, 1.807) is 24.4 Å². The first-order valence-corrected chi connectivity index (χ1v) is 7.29. The molecule has 3 rings (SSSR count). The van der Waals surface area contributed by atoms with Gasteiger partial charge in [0, 0.05) is 12.6 Å². The molecule has 1 atom stereocenters. The zero-order valence-electron chi connectivity index (χ0n) is 11.5. The van der Waals surface area contributed by atoms with Crippen molar-refractivity contribution in [2.24, 2.45) is 0 Å². The number of rotatable bonds is 2. The number of anilines is 1. The molecule has 2 saturated heterocycles. The average Bonchev–Trinajstić information content (AvgIpc) is 2.49. The minimum Gasteiger partial charge on any atom is -0.292 e. The van der Waals surface area contributed by atoms with Crippen molar-refractivity contribution in [3.63, 3.8) is 0 Å². The van der Waals surface area contributed by atoms with Crippen LogP contribution in [-0.4, -0.2) is 40.8 Å². The van der Waals surface area contributed by atoms with Gasteiger partial charge in [0.2, 0.25) is 5.91 Å². The highest BCUT2D eigenvalue weighted by Gasteiger charge is 2.39. The van der Waals surface area contributed by atoms with Gasteiger partial charge < -0.3 is 0 Å². The van der Waals surface area contributed by atoms with Crippen LogP contribution in [-0.2, 0) is 9.59 Å². The Balaban J connectivity index is 1.82. The fourth-order valence-corrected chi connectivity index (χ4v) is 3.06. The van der Waals surface area contributed by atoms with Crippen LogP contribution in [0.5, 0.6) is 0 Å². The Hall–Kier alpha value is -1.75. The summed E-state index contributed by atoms with van der Waals surface area (Å²) in [7, 11) is 0. The van der Waals surface area contributed by atoms with Crippen LogP contribution >= 0.6 is 0 Å². The molecule has 2 aliphatic rings. The van der Waals surface area contributed by atoms with E-state index < -0.39 is 0 Å². The van der Waals surface area contributed by atoms with Crippen molar-refractivity contribution < 1.29 is 9.59 Å². The maximum Gasteiger partial charge on any atom is 0.252 e. The first-order chi connectivity index (χ1) is 9.77. The number of hydrogen-bond donors (Lipinski definition) is 0. The Labute approximate surface area is 118 Å². The van der Waals surface area contributed by atoms with Crippen LogP contribution in [0, 0.1) is 0 Å². The maximum atomic E-state index is 12.7. The van der Waals surface area contributed by atoms with E-state index in [1.165, 1.54) is 11.3 Å². The van der Waals surface area contributed by atoms with Crippen LogP contribution in [0.2, 0.25) is 0 Å². The zero-order chi connectivity index (χ0) is 13.9. The molecule has 0 N–H and O–H groups in total. The molecular weight excluding hydrogens is 254 g/mol. The van der Waals surface area contributed by atoms with E-state index in [9.17, 15) is 9.59 Å². The molecule has 0 saturated carbocycles. The average molecular weight is 273 g/mol. The molecular formula is C15H19N3O2. The summed E-state index contributed by atoms with van der Waals surface area (Å²) in [5, 5.41) is 0. The van der Waals surface area contributed by atoms with Crippen LogP contribution in [0.1, 0.15) is 32.1 Å². The molecule has 0 aromatic carbocycles. The smallest absolute Gasteiger partial charge is 0.252 e. The van der Waals surface area contributed by atoms with Gasteiger partial charge in [0.1, 0.15) is 5.82 Å². The van der Waals surface area contributed by atoms with Gasteiger partial charge in [0.15, 0.2) is 0 Å². The monoisotopic (exact) mass is 273 g/mol. The van der Waals surface area contributed by atoms with E-state index in [0.717, 1.165) is 25.9 Å². The summed E-state index contributed by atoms with van der Waals surface area (Å²) in [5.41, 5.74) is 0. The quantitative estimate of drug-likeness (QED) is 0.768. The van der Waals surface area contributed by atoms with E-state index in [-0.39, 0.29) is 17.9 Å². The molecule has 1 unspecified atom stereocenters. The largest absolute Gasteiger partial charge is 0.292 e. The third-order valence-corrected chi connectivity index (χ3v) is 4.10. The Morgan fingerprint density at radius 1 is 1.10 bits per heavy atom. The van der Waals surface area contributed by atoms with Gasteiger partial charge in [-0.1, -0.05) is 12.5 Å². The highest BCUT2D eigenvalue weighted by molar-refractivity contribution is 6.17. The molecule has 1 aromatic rings. The van der Waals surface area contributed by atoms with Gasteiger partial charge in [-0.25, -0.2) is 9.88 Å². The Morgan fingerprint density at radius 2 is 1.90 bits per heavy atom. The van der Waals surface area contributed by atoms with E-state index in [4.69, 9.17) is 0 Å². The molecule has 3 heterocycles. The highest BCUT2D eigenvalue weighted by atomic mass is 16.2. The van der Waals surface area contributed by atoms with Gasteiger partial charge in [-0.05, 0) is 44.5 Å². The predicted octanol–water partition coefficient (Wildman–Crippen LogP) is 1.59. The fraction of sp³-hybridized carbons (Fsp3) is 0.533. The van der Waals surface area contributed by atoms with Crippen molar-refractivity contribution in [1.82, 2.24) is 9.88 Å². The number of carbonyl (C=O) groups is 2. The van der Waals surface area contributed by atoms with Crippen LogP contribution in [0.4, 0.5) is 5.82 Å². The van der Waals surface area contributed by atoms with E-state index in [0.29, 0.717) is 18.7 Å². The number of amides is 2. The summed E-state index contributed by atoms with van der Waals surface area (Å²) >= 11 is 0. The van der Waals surface area contributed by atoms with Gasteiger partial charge in [-0.15, -0.1) is 0 Å². The summed E-state index contributed by atoms with van der Waals surface area (Å²) in [6.07, 6.45) is 6.19. The van der Waals surface area contributed by atoms with Crippen LogP contribution in [0.25, 0.3) is 0 Å². The molecule has 0 aliphatic carbocycles. The number of nitrogens with zero attached hydrogens (tertiary/aromatic N) is 3. The topological polar surface area (TPSA) is 53.5 Å². The lowest BCUT2D eigenvalue weighted by molar-refractivity contribution is -0.133. The highest BCUT2D eigenvalue weighted by Crippen LogP contribution is 2.25. The first-order valence-electron chi connectivity index (χ1n) is 7.29. The third kappa shape index (κ3) is 2.45. The fourth-order valence-electron chi connectivity index (χ4n) is 3.06. The van der Waals surface area contributed by atoms with Gasteiger partial charge in [-0.2, -0.15) is 0 Å². The van der Waals surface area contributed by atoms with E-state index >= 15 is 0 Å². The second-order valence-corrected chi connectivity index (χ2v) is 5.41. The van der Waals surface area contributed by atoms with Crippen LogP contribution in [0.3, 0.4) is 0 Å². The Kier molecular flexibility index (Phi) is 3.78. The summed E-state index contributed by atoms with van der Waals surface area (Å²) in [6.45, 7) is 1.92. The summed E-state index contributed by atoms with van der Waals surface area (Å²) < 4.78 is 0. The summed E-state index contributed by atoms with van der Waals surface area (Å²) in [6, 6.07) is 5.14. The lowest BCUT2D eigenvalue weighted by atomic mass is 9.99. The Morgan fingerprint density at radius 3 is 2.60 bits per heavy atom. The summed E-state index contributed by atoms with van der Waals surface area (Å²) in [4.78, 5) is 32.4. The van der Waals surface area contributed by atoms with Gasteiger partial charge >= 0.3 is 0 Å². The number of imide groups is 1. The molecule has 106 valence electrons. The zero-order valence-corrected chi connectivity index (χ0v) is 11.5. The third-order valence-electron chi connectivity index (χ3n) is 4.10. The normalized spacial score (nSPS) is 25.0. The minimum absolute atomic E-state index is 0.109. The second-order valence-electron chi connectivity index (χ2n) is 5.41. The lowest BCUT2D eigenvalue weighted by Gasteiger charge is -2.38. The van der Waals surface area contributed by atoms with Crippen molar-refractivity contribution in [2.75, 3.05) is 18.0 Å². The molecule has 5 heteroatoms. The minimum atomic E-state index is -0.157. The molecule has 2 aliphatic heterocycles. The number of pyridine rings is 1. The van der Waals surface area contributed by atoms with Crippen molar-refractivity contribution >= 4 is 17.6 Å². The molecule has 0 bridgehead atoms. The van der Waals surface area contributed by atoms with Crippen molar-refractivity contribution in [3.05, 3.63) is 24.4 Å². The first kappa shape index (κ1) is 13.2. The van der Waals surface area contributed by atoms with Gasteiger partial charge in [-0.3, -0.25) is 14.5 Å².